The van der Waals surface area contributed by atoms with Gasteiger partial charge in [-0.15, -0.1) is 0 Å². The van der Waals surface area contributed by atoms with Crippen molar-refractivity contribution in [1.29, 1.82) is 0 Å². The van der Waals surface area contributed by atoms with Gasteiger partial charge in [-0.2, -0.15) is 0 Å². The van der Waals surface area contributed by atoms with E-state index in [1.54, 1.807) is 0 Å². The Hall–Kier alpha value is -2.48. The molecule has 380 valence electrons. The summed E-state index contributed by atoms with van der Waals surface area (Å²) in [6.07, 6.45) is 45.1. The highest BCUT2D eigenvalue weighted by Gasteiger charge is 2.51. The van der Waals surface area contributed by atoms with E-state index in [1.807, 2.05) is 0 Å². The first-order valence-corrected chi connectivity index (χ1v) is 26.9. The molecule has 1 aliphatic rings. The monoisotopic (exact) mass is 951 g/mol. The molecule has 1 fully saturated rings. The maximum atomic E-state index is 12.8. The number of aliphatic hydroxyl groups is 5. The van der Waals surface area contributed by atoms with Crippen molar-refractivity contribution in [1.82, 2.24) is 0 Å². The number of phosphoric ester groups is 1. The van der Waals surface area contributed by atoms with Crippen LogP contribution >= 0.6 is 7.82 Å². The minimum Gasteiger partial charge on any atom is -0.457 e. The number of esters is 1. The molecular weight excluding hydrogens is 860 g/mol. The minimum atomic E-state index is -5.04. The molecule has 1 rings (SSSR count). The minimum absolute atomic E-state index is 0.110. The molecule has 12 nitrogen and oxygen atoms in total. The number of unbranched alkanes of at least 4 members (excludes halogenated alkanes) is 16. The van der Waals surface area contributed by atoms with Gasteiger partial charge >= 0.3 is 13.8 Å². The Morgan fingerprint density at radius 1 is 0.500 bits per heavy atom. The number of ether oxygens (including phenoxy) is 2. The van der Waals surface area contributed by atoms with Gasteiger partial charge in [-0.05, 0) is 70.6 Å². The van der Waals surface area contributed by atoms with Crippen molar-refractivity contribution < 1.29 is 58.3 Å². The molecule has 0 bridgehead atoms. The normalized spacial score (nSPS) is 22.1. The van der Waals surface area contributed by atoms with Crippen LogP contribution in [0.2, 0.25) is 0 Å². The summed E-state index contributed by atoms with van der Waals surface area (Å²) in [7, 11) is -5.04. The van der Waals surface area contributed by atoms with Gasteiger partial charge in [0.2, 0.25) is 0 Å². The number of phosphoric acid groups is 1. The standard InChI is InChI=1S/C53H91O12P/c1-3-5-7-9-11-13-15-17-19-20-21-22-23-24-25-26-27-29-31-33-35-37-39-41-43-62-44-46(45-63-66(60,61)65-53-51(58)49(56)48(55)50(57)52(53)59)64-47(54)42-40-38-36-34-32-30-28-18-16-14-12-10-8-6-4-2/h5,7,11,13,17,19,21-22,24-25,27,29,33,35,46,48-53,55-59H,3-4,6,8-10,12,14-16,18,20,23,26,28,30-32,34,36-45H2,1-2H3,(H,60,61)/b7-5-,13-11-,19-17-,22-21-,25-24-,29-27-,35-33-. The van der Waals surface area contributed by atoms with Crippen molar-refractivity contribution in [3.05, 3.63) is 85.1 Å². The van der Waals surface area contributed by atoms with Crippen molar-refractivity contribution in [2.24, 2.45) is 0 Å². The van der Waals surface area contributed by atoms with Gasteiger partial charge < -0.3 is 39.9 Å². The van der Waals surface area contributed by atoms with Crippen molar-refractivity contribution >= 4 is 13.8 Å². The molecule has 13 heteroatoms. The highest BCUT2D eigenvalue weighted by molar-refractivity contribution is 7.47. The predicted molar refractivity (Wildman–Crippen MR) is 267 cm³/mol. The Morgan fingerprint density at radius 2 is 0.894 bits per heavy atom. The second-order valence-electron chi connectivity index (χ2n) is 17.3. The van der Waals surface area contributed by atoms with Crippen LogP contribution in [0, 0.1) is 0 Å². The Kier molecular flexibility index (Phi) is 39.7. The fraction of sp³-hybridized carbons (Fsp3) is 0.717. The summed E-state index contributed by atoms with van der Waals surface area (Å²) < 4.78 is 34.2. The topological polar surface area (TPSA) is 192 Å². The molecule has 0 radical (unpaired) electrons. The molecule has 66 heavy (non-hydrogen) atoms. The summed E-state index contributed by atoms with van der Waals surface area (Å²) in [4.78, 5) is 23.2. The Morgan fingerprint density at radius 3 is 1.33 bits per heavy atom. The van der Waals surface area contributed by atoms with Crippen LogP contribution in [0.15, 0.2) is 85.1 Å². The summed E-state index contributed by atoms with van der Waals surface area (Å²) in [5.74, 6) is -0.494. The van der Waals surface area contributed by atoms with Crippen molar-refractivity contribution in [3.63, 3.8) is 0 Å². The van der Waals surface area contributed by atoms with E-state index >= 15 is 0 Å². The highest BCUT2D eigenvalue weighted by Crippen LogP contribution is 2.47. The molecule has 6 unspecified atom stereocenters. The average Bonchev–Trinajstić information content (AvgIpc) is 3.30. The molecule has 6 N–H and O–H groups in total. The number of hydrogen-bond acceptors (Lipinski definition) is 11. The Labute approximate surface area is 399 Å². The van der Waals surface area contributed by atoms with Gasteiger partial charge in [0.1, 0.15) is 42.7 Å². The van der Waals surface area contributed by atoms with E-state index < -0.39 is 63.1 Å². The van der Waals surface area contributed by atoms with Crippen LogP contribution in [0.5, 0.6) is 0 Å². The van der Waals surface area contributed by atoms with Gasteiger partial charge in [0.15, 0.2) is 0 Å². The van der Waals surface area contributed by atoms with E-state index in [4.69, 9.17) is 18.5 Å². The molecule has 0 amide bonds. The number of rotatable bonds is 42. The lowest BCUT2D eigenvalue weighted by molar-refractivity contribution is -0.220. The zero-order chi connectivity index (χ0) is 48.4. The molecule has 0 aromatic rings. The van der Waals surface area contributed by atoms with Crippen LogP contribution in [-0.2, 0) is 27.9 Å². The van der Waals surface area contributed by atoms with E-state index in [-0.39, 0.29) is 13.0 Å². The lowest BCUT2D eigenvalue weighted by atomic mass is 9.85. The maximum Gasteiger partial charge on any atom is 0.472 e. The van der Waals surface area contributed by atoms with E-state index in [1.165, 1.54) is 70.6 Å². The molecule has 0 saturated heterocycles. The van der Waals surface area contributed by atoms with E-state index in [9.17, 15) is 39.8 Å². The van der Waals surface area contributed by atoms with Gasteiger partial charge in [0.05, 0.1) is 13.2 Å². The number of aliphatic hydroxyl groups excluding tert-OH is 5. The van der Waals surface area contributed by atoms with Crippen LogP contribution in [0.1, 0.15) is 181 Å². The molecule has 0 aromatic carbocycles. The Balaban J connectivity index is 2.39. The summed E-state index contributed by atoms with van der Waals surface area (Å²) in [6.45, 7) is 4.04. The second-order valence-corrected chi connectivity index (χ2v) is 18.7. The quantitative estimate of drug-likeness (QED) is 0.0147. The van der Waals surface area contributed by atoms with Crippen LogP contribution in [0.3, 0.4) is 0 Å². The largest absolute Gasteiger partial charge is 0.472 e. The summed E-state index contributed by atoms with van der Waals surface area (Å²) in [5, 5.41) is 50.3. The van der Waals surface area contributed by atoms with E-state index in [0.29, 0.717) is 13.0 Å². The third-order valence-corrected chi connectivity index (χ3v) is 12.3. The first-order valence-electron chi connectivity index (χ1n) is 25.4. The van der Waals surface area contributed by atoms with Crippen molar-refractivity contribution in [2.75, 3.05) is 19.8 Å². The zero-order valence-corrected chi connectivity index (χ0v) is 41.6. The second kappa shape index (κ2) is 42.6. The van der Waals surface area contributed by atoms with Gasteiger partial charge in [0.25, 0.3) is 0 Å². The molecule has 0 aliphatic heterocycles. The van der Waals surface area contributed by atoms with Crippen molar-refractivity contribution in [3.8, 4) is 0 Å². The maximum absolute atomic E-state index is 12.8. The van der Waals surface area contributed by atoms with Gasteiger partial charge in [0, 0.05) is 13.0 Å². The van der Waals surface area contributed by atoms with Crippen molar-refractivity contribution in [2.45, 2.75) is 224 Å². The third-order valence-electron chi connectivity index (χ3n) is 11.3. The predicted octanol–water partition coefficient (Wildman–Crippen LogP) is 11.3. The molecule has 6 atom stereocenters. The number of allylic oxidation sites excluding steroid dienone is 14. The van der Waals surface area contributed by atoms with Crippen LogP contribution in [-0.4, -0.2) is 98.9 Å². The fourth-order valence-electron chi connectivity index (χ4n) is 7.28. The first-order chi connectivity index (χ1) is 32.0. The lowest BCUT2D eigenvalue weighted by Crippen LogP contribution is -2.64. The molecule has 0 heterocycles. The summed E-state index contributed by atoms with van der Waals surface area (Å²) in [5.41, 5.74) is 0. The SMILES string of the molecule is CC/C=C\C/C=C\C/C=C\C/C=C\C/C=C\C/C=C\C/C=C\CCCCOCC(COP(=O)(O)OC1C(O)C(O)C(O)C(O)C1O)OC(=O)CCCCCCCCCCCCCCCCC. The number of hydrogen-bond donors (Lipinski definition) is 6. The average molecular weight is 951 g/mol. The zero-order valence-electron chi connectivity index (χ0n) is 40.7. The fourth-order valence-corrected chi connectivity index (χ4v) is 8.25. The third kappa shape index (κ3) is 33.9. The van der Waals surface area contributed by atoms with Gasteiger partial charge in [-0.3, -0.25) is 13.8 Å². The number of carbonyl (C=O) groups excluding carboxylic acids is 1. The first kappa shape index (κ1) is 61.5. The summed E-state index contributed by atoms with van der Waals surface area (Å²) >= 11 is 0. The lowest BCUT2D eigenvalue weighted by Gasteiger charge is -2.41. The van der Waals surface area contributed by atoms with Crippen LogP contribution < -0.4 is 0 Å². The molecule has 1 aliphatic carbocycles. The number of carbonyl (C=O) groups is 1. The van der Waals surface area contributed by atoms with Gasteiger partial charge in [-0.1, -0.05) is 189 Å². The van der Waals surface area contributed by atoms with E-state index in [2.05, 4.69) is 98.9 Å². The Bertz CT molecular complexity index is 1410. The molecule has 0 aromatic heterocycles. The highest BCUT2D eigenvalue weighted by atomic mass is 31.2. The molecule has 0 spiro atoms. The summed E-state index contributed by atoms with van der Waals surface area (Å²) in [6, 6.07) is 0. The molecular formula is C53H91O12P. The van der Waals surface area contributed by atoms with Crippen LogP contribution in [0.4, 0.5) is 0 Å². The van der Waals surface area contributed by atoms with E-state index in [0.717, 1.165) is 83.5 Å². The van der Waals surface area contributed by atoms with Crippen LogP contribution in [0.25, 0.3) is 0 Å². The molecule has 1 saturated carbocycles. The smallest absolute Gasteiger partial charge is 0.457 e. The van der Waals surface area contributed by atoms with Gasteiger partial charge in [-0.25, -0.2) is 4.57 Å².